The first-order chi connectivity index (χ1) is 16.5. The average molecular weight is 462 g/mol. The molecule has 0 aliphatic carbocycles. The zero-order valence-corrected chi connectivity index (χ0v) is 18.9. The number of furan rings is 1. The van der Waals surface area contributed by atoms with E-state index in [9.17, 15) is 14.4 Å². The molecule has 4 aromatic rings. The van der Waals surface area contributed by atoms with Gasteiger partial charge in [-0.2, -0.15) is 0 Å². The maximum atomic E-state index is 12.8. The lowest BCUT2D eigenvalue weighted by atomic mass is 10.2. The molecule has 9 nitrogen and oxygen atoms in total. The molecule has 0 atom stereocenters. The van der Waals surface area contributed by atoms with Gasteiger partial charge in [0.2, 0.25) is 5.91 Å². The molecule has 0 bridgehead atoms. The van der Waals surface area contributed by atoms with Crippen LogP contribution in [0.4, 0.5) is 16.2 Å². The highest BCUT2D eigenvalue weighted by molar-refractivity contribution is 5.92. The minimum atomic E-state index is -0.360. The molecule has 0 saturated carbocycles. The quantitative estimate of drug-likeness (QED) is 0.348. The van der Waals surface area contributed by atoms with Crippen LogP contribution in [0.25, 0.3) is 11.0 Å². The van der Waals surface area contributed by atoms with Crippen LogP contribution >= 0.6 is 0 Å². The summed E-state index contributed by atoms with van der Waals surface area (Å²) in [6.07, 6.45) is 2.56. The molecule has 0 saturated heterocycles. The number of fused-ring (bicyclic) bond motifs is 1. The smallest absolute Gasteiger partial charge is 0.329 e. The third-order valence-electron chi connectivity index (χ3n) is 5.36. The van der Waals surface area contributed by atoms with Gasteiger partial charge in [-0.1, -0.05) is 19.1 Å². The highest BCUT2D eigenvalue weighted by atomic mass is 16.3. The van der Waals surface area contributed by atoms with E-state index < -0.39 is 0 Å². The predicted molar refractivity (Wildman–Crippen MR) is 131 cm³/mol. The number of amides is 3. The van der Waals surface area contributed by atoms with E-state index in [0.29, 0.717) is 23.7 Å². The lowest BCUT2D eigenvalue weighted by Crippen LogP contribution is -2.28. The summed E-state index contributed by atoms with van der Waals surface area (Å²) in [5.74, 6) is 0.460. The number of carbonyl (C=O) groups excluding carboxylic acids is 2. The number of rotatable bonds is 9. The molecule has 4 rings (SSSR count). The number of para-hydroxylation sites is 2. The van der Waals surface area contributed by atoms with Crippen LogP contribution < -0.4 is 21.6 Å². The van der Waals surface area contributed by atoms with E-state index in [1.54, 1.807) is 51.8 Å². The maximum Gasteiger partial charge on any atom is 0.329 e. The van der Waals surface area contributed by atoms with Crippen molar-refractivity contribution < 1.29 is 14.0 Å². The fraction of sp³-hybridized carbons (Fsp3) is 0.240. The summed E-state index contributed by atoms with van der Waals surface area (Å²) in [6, 6.07) is 17.6. The highest BCUT2D eigenvalue weighted by Crippen LogP contribution is 2.16. The summed E-state index contributed by atoms with van der Waals surface area (Å²) in [5, 5.41) is 8.25. The van der Waals surface area contributed by atoms with Crippen molar-refractivity contribution >= 4 is 34.3 Å². The molecular weight excluding hydrogens is 434 g/mol. The van der Waals surface area contributed by atoms with Crippen LogP contribution in [0.3, 0.4) is 0 Å². The van der Waals surface area contributed by atoms with Gasteiger partial charge in [0.15, 0.2) is 0 Å². The number of urea groups is 1. The molecule has 0 spiro atoms. The zero-order valence-electron chi connectivity index (χ0n) is 18.9. The number of carbonyl (C=O) groups is 2. The van der Waals surface area contributed by atoms with Gasteiger partial charge in [-0.3, -0.25) is 13.9 Å². The van der Waals surface area contributed by atoms with Crippen molar-refractivity contribution in [2.45, 2.75) is 39.4 Å². The van der Waals surface area contributed by atoms with Gasteiger partial charge in [-0.25, -0.2) is 9.59 Å². The van der Waals surface area contributed by atoms with Crippen LogP contribution in [-0.2, 0) is 24.4 Å². The van der Waals surface area contributed by atoms with Gasteiger partial charge in [-0.05, 0) is 55.0 Å². The first-order valence-electron chi connectivity index (χ1n) is 11.2. The van der Waals surface area contributed by atoms with Gasteiger partial charge in [0.05, 0.1) is 23.8 Å². The van der Waals surface area contributed by atoms with Gasteiger partial charge in [0.1, 0.15) is 5.76 Å². The molecule has 176 valence electrons. The Hall–Kier alpha value is -4.27. The second-order valence-electron chi connectivity index (χ2n) is 7.84. The second-order valence-corrected chi connectivity index (χ2v) is 7.84. The van der Waals surface area contributed by atoms with Gasteiger partial charge < -0.3 is 20.4 Å². The lowest BCUT2D eigenvalue weighted by Gasteiger charge is -2.09. The molecule has 0 aliphatic heterocycles. The number of nitrogens with zero attached hydrogens (tertiary/aromatic N) is 2. The van der Waals surface area contributed by atoms with E-state index in [0.717, 1.165) is 17.5 Å². The van der Waals surface area contributed by atoms with Crippen molar-refractivity contribution in [2.24, 2.45) is 0 Å². The van der Waals surface area contributed by atoms with Crippen molar-refractivity contribution in [1.82, 2.24) is 14.5 Å². The molecule has 3 N–H and O–H groups in total. The monoisotopic (exact) mass is 461 g/mol. The van der Waals surface area contributed by atoms with Crippen molar-refractivity contribution in [3.8, 4) is 0 Å². The van der Waals surface area contributed by atoms with Crippen molar-refractivity contribution in [3.05, 3.63) is 83.2 Å². The van der Waals surface area contributed by atoms with Crippen molar-refractivity contribution in [2.75, 3.05) is 10.6 Å². The molecule has 0 unspecified atom stereocenters. The zero-order chi connectivity index (χ0) is 23.9. The Bertz CT molecular complexity index is 1320. The third kappa shape index (κ3) is 5.37. The fourth-order valence-electron chi connectivity index (χ4n) is 3.76. The Morgan fingerprint density at radius 1 is 0.853 bits per heavy atom. The van der Waals surface area contributed by atoms with E-state index >= 15 is 0 Å². The minimum Gasteiger partial charge on any atom is -0.467 e. The molecule has 2 aromatic heterocycles. The number of nitrogens with one attached hydrogen (secondary N) is 3. The number of benzene rings is 2. The van der Waals surface area contributed by atoms with Gasteiger partial charge in [-0.15, -0.1) is 0 Å². The van der Waals surface area contributed by atoms with E-state index in [1.807, 2.05) is 31.2 Å². The first kappa shape index (κ1) is 22.9. The third-order valence-corrected chi connectivity index (χ3v) is 5.36. The topological polar surface area (TPSA) is 110 Å². The molecular formula is C25H27N5O4. The lowest BCUT2D eigenvalue weighted by molar-refractivity contribution is -0.116. The molecule has 0 aliphatic rings. The number of hydrogen-bond donors (Lipinski definition) is 3. The summed E-state index contributed by atoms with van der Waals surface area (Å²) >= 11 is 0. The molecule has 0 radical (unpaired) electrons. The fourth-order valence-corrected chi connectivity index (χ4v) is 3.76. The predicted octanol–water partition coefficient (Wildman–Crippen LogP) is 4.16. The van der Waals surface area contributed by atoms with Gasteiger partial charge >= 0.3 is 11.7 Å². The van der Waals surface area contributed by atoms with Crippen LogP contribution in [0.15, 0.2) is 76.1 Å². The van der Waals surface area contributed by atoms with E-state index in [1.165, 1.54) is 0 Å². The molecule has 2 aromatic carbocycles. The number of aryl methyl sites for hydroxylation is 2. The largest absolute Gasteiger partial charge is 0.467 e. The van der Waals surface area contributed by atoms with Crippen LogP contribution in [0.5, 0.6) is 0 Å². The van der Waals surface area contributed by atoms with Crippen LogP contribution in [0.1, 0.15) is 25.5 Å². The van der Waals surface area contributed by atoms with Crippen LogP contribution in [0, 0.1) is 0 Å². The summed E-state index contributed by atoms with van der Waals surface area (Å²) < 4.78 is 8.58. The molecule has 0 fully saturated rings. The van der Waals surface area contributed by atoms with Gasteiger partial charge in [0, 0.05) is 30.9 Å². The number of aromatic nitrogens is 2. The Kier molecular flexibility index (Phi) is 7.12. The van der Waals surface area contributed by atoms with Gasteiger partial charge in [0.25, 0.3) is 0 Å². The minimum absolute atomic E-state index is 0.100. The second kappa shape index (κ2) is 10.6. The Labute approximate surface area is 196 Å². The van der Waals surface area contributed by atoms with Crippen molar-refractivity contribution in [3.63, 3.8) is 0 Å². The molecule has 2 heterocycles. The molecule has 34 heavy (non-hydrogen) atoms. The average Bonchev–Trinajstić information content (AvgIpc) is 3.45. The standard InChI is InChI=1S/C25H27N5O4/c1-2-14-29-21-7-3-4-8-22(21)30(25(29)33)15-13-23(31)27-18-9-11-19(12-10-18)28-24(32)26-17-20-6-5-16-34-20/h3-12,16H,2,13-15,17H2,1H3,(H,27,31)(H2,26,28,32). The van der Waals surface area contributed by atoms with E-state index in [4.69, 9.17) is 4.42 Å². The summed E-state index contributed by atoms with van der Waals surface area (Å²) in [6.45, 7) is 3.24. The molecule has 3 amide bonds. The van der Waals surface area contributed by atoms with Crippen molar-refractivity contribution in [1.29, 1.82) is 0 Å². The Balaban J connectivity index is 1.31. The Morgan fingerprint density at radius 3 is 2.12 bits per heavy atom. The SMILES string of the molecule is CCCn1c(=O)n(CCC(=O)Nc2ccc(NC(=O)NCc3ccco3)cc2)c2ccccc21. The number of anilines is 2. The number of imidazole rings is 1. The van der Waals surface area contributed by atoms with Crippen LogP contribution in [-0.4, -0.2) is 21.1 Å². The molecule has 9 heteroatoms. The van der Waals surface area contributed by atoms with Crippen LogP contribution in [0.2, 0.25) is 0 Å². The number of hydrogen-bond acceptors (Lipinski definition) is 4. The highest BCUT2D eigenvalue weighted by Gasteiger charge is 2.13. The summed E-state index contributed by atoms with van der Waals surface area (Å²) in [5.41, 5.74) is 2.80. The summed E-state index contributed by atoms with van der Waals surface area (Å²) in [4.78, 5) is 37.3. The van der Waals surface area contributed by atoms with E-state index in [2.05, 4.69) is 16.0 Å². The first-order valence-corrected chi connectivity index (χ1v) is 11.2. The maximum absolute atomic E-state index is 12.8. The Morgan fingerprint density at radius 2 is 1.50 bits per heavy atom. The summed E-state index contributed by atoms with van der Waals surface area (Å²) in [7, 11) is 0. The normalized spacial score (nSPS) is 10.9. The van der Waals surface area contributed by atoms with E-state index in [-0.39, 0.29) is 37.1 Å².